The topological polar surface area (TPSA) is 9.23 Å². The van der Waals surface area contributed by atoms with E-state index >= 15 is 0 Å². The van der Waals surface area contributed by atoms with Crippen molar-refractivity contribution < 1.29 is 17.9 Å². The molecule has 19 heavy (non-hydrogen) atoms. The van der Waals surface area contributed by atoms with E-state index in [9.17, 15) is 13.2 Å². The molecular formula is C15H19F3O. The summed E-state index contributed by atoms with van der Waals surface area (Å²) in [5.74, 6) is 1.05. The summed E-state index contributed by atoms with van der Waals surface area (Å²) in [6.07, 6.45) is 1.06. The van der Waals surface area contributed by atoms with Crippen LogP contribution < -0.4 is 4.74 Å². The van der Waals surface area contributed by atoms with Crippen LogP contribution in [-0.2, 0) is 0 Å². The van der Waals surface area contributed by atoms with Crippen molar-refractivity contribution in [3.63, 3.8) is 0 Å². The van der Waals surface area contributed by atoms with Crippen LogP contribution in [0.3, 0.4) is 0 Å². The van der Waals surface area contributed by atoms with E-state index in [-0.39, 0.29) is 5.75 Å². The van der Waals surface area contributed by atoms with Gasteiger partial charge in [0.05, 0.1) is 0 Å². The lowest BCUT2D eigenvalue weighted by atomic mass is 9.78. The molecule has 0 radical (unpaired) electrons. The van der Waals surface area contributed by atoms with Gasteiger partial charge in [-0.15, -0.1) is 13.2 Å². The van der Waals surface area contributed by atoms with Gasteiger partial charge >= 0.3 is 6.36 Å². The van der Waals surface area contributed by atoms with Crippen LogP contribution in [0.2, 0.25) is 0 Å². The second-order valence-electron chi connectivity index (χ2n) is 5.25. The van der Waals surface area contributed by atoms with Crippen molar-refractivity contribution in [2.24, 2.45) is 5.92 Å². The maximum absolute atomic E-state index is 12.2. The SMILES string of the molecule is CCC1CCC(c2cccc(OC(F)(F)F)c2)CC1. The van der Waals surface area contributed by atoms with E-state index in [2.05, 4.69) is 11.7 Å². The highest BCUT2D eigenvalue weighted by atomic mass is 19.4. The van der Waals surface area contributed by atoms with Crippen LogP contribution in [0.15, 0.2) is 24.3 Å². The third kappa shape index (κ3) is 4.15. The molecule has 0 saturated heterocycles. The molecule has 1 saturated carbocycles. The van der Waals surface area contributed by atoms with Gasteiger partial charge in [0.2, 0.25) is 0 Å². The minimum atomic E-state index is -4.61. The Bertz CT molecular complexity index is 406. The van der Waals surface area contributed by atoms with Gasteiger partial charge in [-0.1, -0.05) is 25.5 Å². The first-order chi connectivity index (χ1) is 8.98. The third-order valence-corrected chi connectivity index (χ3v) is 3.99. The van der Waals surface area contributed by atoms with Gasteiger partial charge in [-0.3, -0.25) is 0 Å². The van der Waals surface area contributed by atoms with Gasteiger partial charge in [-0.25, -0.2) is 0 Å². The minimum absolute atomic E-state index is 0.109. The van der Waals surface area contributed by atoms with Gasteiger partial charge in [0.1, 0.15) is 5.75 Å². The van der Waals surface area contributed by atoms with Gasteiger partial charge in [0.15, 0.2) is 0 Å². The van der Waals surface area contributed by atoms with Crippen LogP contribution >= 0.6 is 0 Å². The maximum atomic E-state index is 12.2. The lowest BCUT2D eigenvalue weighted by molar-refractivity contribution is -0.274. The maximum Gasteiger partial charge on any atom is 0.573 e. The molecule has 1 aromatic rings. The van der Waals surface area contributed by atoms with Crippen LogP contribution in [0, 0.1) is 5.92 Å². The van der Waals surface area contributed by atoms with E-state index in [1.165, 1.54) is 31.4 Å². The highest BCUT2D eigenvalue weighted by molar-refractivity contribution is 5.31. The Balaban J connectivity index is 2.03. The molecule has 0 atom stereocenters. The lowest BCUT2D eigenvalue weighted by Crippen LogP contribution is -2.17. The van der Waals surface area contributed by atoms with Gasteiger partial charge < -0.3 is 4.74 Å². The predicted octanol–water partition coefficient (Wildman–Crippen LogP) is 5.27. The van der Waals surface area contributed by atoms with Gasteiger partial charge in [0.25, 0.3) is 0 Å². The quantitative estimate of drug-likeness (QED) is 0.728. The van der Waals surface area contributed by atoms with Gasteiger partial charge in [-0.05, 0) is 55.2 Å². The van der Waals surface area contributed by atoms with Crippen LogP contribution in [-0.4, -0.2) is 6.36 Å². The smallest absolute Gasteiger partial charge is 0.406 e. The minimum Gasteiger partial charge on any atom is -0.406 e. The Hall–Kier alpha value is -1.19. The number of alkyl halides is 3. The molecule has 0 amide bonds. The van der Waals surface area contributed by atoms with Gasteiger partial charge in [0, 0.05) is 0 Å². The monoisotopic (exact) mass is 272 g/mol. The van der Waals surface area contributed by atoms with Crippen molar-refractivity contribution in [1.82, 2.24) is 0 Å². The molecular weight excluding hydrogens is 253 g/mol. The molecule has 106 valence electrons. The van der Waals surface area contributed by atoms with Crippen molar-refractivity contribution in [3.8, 4) is 5.75 Å². The van der Waals surface area contributed by atoms with Crippen LogP contribution in [0.5, 0.6) is 5.75 Å². The first kappa shape index (κ1) is 14.2. The molecule has 4 heteroatoms. The van der Waals surface area contributed by atoms with E-state index in [0.717, 1.165) is 24.3 Å². The molecule has 0 spiro atoms. The van der Waals surface area contributed by atoms with Crippen molar-refractivity contribution in [2.45, 2.75) is 51.3 Å². The third-order valence-electron chi connectivity index (χ3n) is 3.99. The number of rotatable bonds is 3. The van der Waals surface area contributed by atoms with Crippen LogP contribution in [0.25, 0.3) is 0 Å². The molecule has 0 unspecified atom stereocenters. The second-order valence-corrected chi connectivity index (χ2v) is 5.25. The molecule has 1 fully saturated rings. The molecule has 1 aliphatic carbocycles. The molecule has 1 nitrogen and oxygen atoms in total. The molecule has 0 bridgehead atoms. The molecule has 0 N–H and O–H groups in total. The summed E-state index contributed by atoms with van der Waals surface area (Å²) in [5.41, 5.74) is 0.969. The fraction of sp³-hybridized carbons (Fsp3) is 0.600. The summed E-state index contributed by atoms with van der Waals surface area (Å²) in [5, 5.41) is 0. The second kappa shape index (κ2) is 5.85. The van der Waals surface area contributed by atoms with Crippen LogP contribution in [0.1, 0.15) is 50.5 Å². The summed E-state index contributed by atoms with van der Waals surface area (Å²) < 4.78 is 40.5. The molecule has 0 heterocycles. The molecule has 0 aromatic heterocycles. The van der Waals surface area contributed by atoms with Crippen LogP contribution in [0.4, 0.5) is 13.2 Å². The lowest BCUT2D eigenvalue weighted by Gasteiger charge is -2.28. The number of hydrogen-bond donors (Lipinski definition) is 0. The Morgan fingerprint density at radius 3 is 2.42 bits per heavy atom. The Kier molecular flexibility index (Phi) is 4.38. The van der Waals surface area contributed by atoms with Crippen molar-refractivity contribution in [2.75, 3.05) is 0 Å². The van der Waals surface area contributed by atoms with E-state index in [0.29, 0.717) is 5.92 Å². The largest absolute Gasteiger partial charge is 0.573 e. The normalized spacial score (nSPS) is 24.2. The van der Waals surface area contributed by atoms with E-state index < -0.39 is 6.36 Å². The summed E-state index contributed by atoms with van der Waals surface area (Å²) in [7, 11) is 0. The molecule has 0 aliphatic heterocycles. The molecule has 2 rings (SSSR count). The Morgan fingerprint density at radius 2 is 1.84 bits per heavy atom. The zero-order valence-corrected chi connectivity index (χ0v) is 11.0. The van der Waals surface area contributed by atoms with Crippen molar-refractivity contribution in [3.05, 3.63) is 29.8 Å². The Morgan fingerprint density at radius 1 is 1.16 bits per heavy atom. The molecule has 1 aliphatic rings. The van der Waals surface area contributed by atoms with Gasteiger partial charge in [-0.2, -0.15) is 0 Å². The zero-order chi connectivity index (χ0) is 13.9. The summed E-state index contributed by atoms with van der Waals surface area (Å²) >= 11 is 0. The fourth-order valence-electron chi connectivity index (χ4n) is 2.87. The van der Waals surface area contributed by atoms with E-state index in [1.54, 1.807) is 6.07 Å². The average molecular weight is 272 g/mol. The zero-order valence-electron chi connectivity index (χ0n) is 11.0. The average Bonchev–Trinajstić information content (AvgIpc) is 2.37. The number of ether oxygens (including phenoxy) is 1. The number of benzene rings is 1. The number of hydrogen-bond acceptors (Lipinski definition) is 1. The van der Waals surface area contributed by atoms with Crippen molar-refractivity contribution >= 4 is 0 Å². The highest BCUT2D eigenvalue weighted by Gasteiger charge is 2.31. The van der Waals surface area contributed by atoms with E-state index in [1.807, 2.05) is 6.07 Å². The standard InChI is InChI=1S/C15H19F3O/c1-2-11-6-8-12(9-7-11)13-4-3-5-14(10-13)19-15(16,17)18/h3-5,10-12H,2,6-9H2,1H3. The summed E-state index contributed by atoms with van der Waals surface area (Å²) in [6.45, 7) is 2.20. The highest BCUT2D eigenvalue weighted by Crippen LogP contribution is 2.38. The van der Waals surface area contributed by atoms with E-state index in [4.69, 9.17) is 0 Å². The first-order valence-corrected chi connectivity index (χ1v) is 6.83. The Labute approximate surface area is 111 Å². The van der Waals surface area contributed by atoms with Crippen molar-refractivity contribution in [1.29, 1.82) is 0 Å². The molecule has 1 aromatic carbocycles. The number of halogens is 3. The fourth-order valence-corrected chi connectivity index (χ4v) is 2.87. The summed E-state index contributed by atoms with van der Waals surface area (Å²) in [6, 6.07) is 6.43. The predicted molar refractivity (Wildman–Crippen MR) is 68.1 cm³/mol. The summed E-state index contributed by atoms with van der Waals surface area (Å²) in [4.78, 5) is 0. The first-order valence-electron chi connectivity index (χ1n) is 6.83.